The number of carbonyl (C=O) groups excluding carboxylic acids is 2. The quantitative estimate of drug-likeness (QED) is 0.684. The van der Waals surface area contributed by atoms with Gasteiger partial charge in [0.2, 0.25) is 0 Å². The lowest BCUT2D eigenvalue weighted by atomic mass is 10.2. The number of rotatable bonds is 9. The zero-order valence-corrected chi connectivity index (χ0v) is 14.5. The molecule has 1 unspecified atom stereocenters. The second-order valence-corrected chi connectivity index (χ2v) is 6.25. The average Bonchev–Trinajstić information content (AvgIpc) is 3.38. The third-order valence-corrected chi connectivity index (χ3v) is 4.29. The van der Waals surface area contributed by atoms with E-state index < -0.39 is 0 Å². The molecule has 1 atom stereocenters. The van der Waals surface area contributed by atoms with Crippen LogP contribution in [-0.2, 0) is 16.1 Å². The van der Waals surface area contributed by atoms with Crippen LogP contribution in [0.2, 0.25) is 0 Å². The molecule has 2 rings (SSSR count). The topological polar surface area (TPSA) is 53.9 Å². The van der Waals surface area contributed by atoms with Crippen LogP contribution in [0.1, 0.15) is 32.3 Å². The summed E-state index contributed by atoms with van der Waals surface area (Å²) in [6.45, 7) is 5.96. The van der Waals surface area contributed by atoms with Gasteiger partial charge in [0.25, 0.3) is 11.8 Å². The molecule has 1 saturated carbocycles. The van der Waals surface area contributed by atoms with Gasteiger partial charge in [0.1, 0.15) is 5.82 Å². The Morgan fingerprint density at radius 2 is 1.96 bits per heavy atom. The van der Waals surface area contributed by atoms with Crippen molar-refractivity contribution in [3.8, 4) is 0 Å². The van der Waals surface area contributed by atoms with Gasteiger partial charge in [-0.25, -0.2) is 4.39 Å². The Labute approximate surface area is 142 Å². The highest BCUT2D eigenvalue weighted by Gasteiger charge is 2.34. The van der Waals surface area contributed by atoms with Crippen LogP contribution >= 0.6 is 0 Å². The van der Waals surface area contributed by atoms with Gasteiger partial charge in [-0.2, -0.15) is 0 Å². The van der Waals surface area contributed by atoms with Crippen molar-refractivity contribution in [2.75, 3.05) is 26.2 Å². The van der Waals surface area contributed by atoms with Crippen molar-refractivity contribution in [1.29, 1.82) is 0 Å². The van der Waals surface area contributed by atoms with E-state index in [1.54, 1.807) is 23.1 Å². The smallest absolute Gasteiger partial charge is 0.278 e. The Hall–Kier alpha value is -1.95. The number of likely N-dealkylation sites (N-methyl/N-ethyl adjacent to an activating group) is 2. The highest BCUT2D eigenvalue weighted by Crippen LogP contribution is 2.28. The molecule has 5 nitrogen and oxygen atoms in total. The van der Waals surface area contributed by atoms with Crippen molar-refractivity contribution in [2.24, 2.45) is 0 Å². The molecule has 0 aromatic heterocycles. The van der Waals surface area contributed by atoms with Gasteiger partial charge in [0.15, 0.2) is 13.1 Å². The number of nitrogens with zero attached hydrogens (tertiary/aromatic N) is 1. The fourth-order valence-electron chi connectivity index (χ4n) is 2.73. The number of benzene rings is 1. The predicted octanol–water partition coefficient (Wildman–Crippen LogP) is 0.358. The molecule has 0 saturated heterocycles. The molecule has 0 radical (unpaired) electrons. The van der Waals surface area contributed by atoms with E-state index in [2.05, 4.69) is 5.32 Å². The number of halogens is 1. The molecular weight excluding hydrogens is 309 g/mol. The van der Waals surface area contributed by atoms with Crippen molar-refractivity contribution in [3.63, 3.8) is 0 Å². The van der Waals surface area contributed by atoms with Gasteiger partial charge >= 0.3 is 0 Å². The summed E-state index contributed by atoms with van der Waals surface area (Å²) >= 11 is 0. The number of carbonyl (C=O) groups is 2. The van der Waals surface area contributed by atoms with Gasteiger partial charge in [0, 0.05) is 24.7 Å². The van der Waals surface area contributed by atoms with Crippen LogP contribution < -0.4 is 10.2 Å². The van der Waals surface area contributed by atoms with Crippen LogP contribution in [0.4, 0.5) is 4.39 Å². The lowest BCUT2D eigenvalue weighted by molar-refractivity contribution is -0.882. The van der Waals surface area contributed by atoms with Crippen molar-refractivity contribution < 1.29 is 18.9 Å². The first-order valence-electron chi connectivity index (χ1n) is 8.68. The molecular formula is C18H27FN3O2+. The minimum Gasteiger partial charge on any atom is -0.351 e. The molecule has 0 aliphatic heterocycles. The molecule has 6 heteroatoms. The summed E-state index contributed by atoms with van der Waals surface area (Å²) in [5.41, 5.74) is 0.541. The van der Waals surface area contributed by atoms with Crippen LogP contribution in [0.5, 0.6) is 0 Å². The molecule has 1 aromatic rings. The van der Waals surface area contributed by atoms with Gasteiger partial charge in [-0.3, -0.25) is 9.59 Å². The predicted molar refractivity (Wildman–Crippen MR) is 89.9 cm³/mol. The maximum Gasteiger partial charge on any atom is 0.278 e. The van der Waals surface area contributed by atoms with E-state index in [1.807, 2.05) is 13.8 Å². The lowest BCUT2D eigenvalue weighted by Crippen LogP contribution is -3.14. The van der Waals surface area contributed by atoms with Crippen LogP contribution in [0.15, 0.2) is 24.3 Å². The van der Waals surface area contributed by atoms with Crippen LogP contribution in [0.3, 0.4) is 0 Å². The monoisotopic (exact) mass is 336 g/mol. The number of quaternary nitrogens is 1. The standard InChI is InChI=1S/C18H26FN3O2/c1-3-20-17(23)12-21(4-2)13-18(24)22(15-9-10-15)11-14-7-5-6-8-16(14)19/h5-8,15H,3-4,9-13H2,1-2H3,(H,20,23)/p+1. The average molecular weight is 336 g/mol. The Balaban J connectivity index is 1.98. The largest absolute Gasteiger partial charge is 0.351 e. The summed E-state index contributed by atoms with van der Waals surface area (Å²) in [7, 11) is 0. The molecule has 1 aliphatic carbocycles. The first kappa shape index (κ1) is 18.4. The molecule has 1 aliphatic rings. The van der Waals surface area contributed by atoms with Crippen LogP contribution in [0, 0.1) is 5.82 Å². The van der Waals surface area contributed by atoms with E-state index in [0.29, 0.717) is 25.2 Å². The maximum atomic E-state index is 13.9. The molecule has 1 fully saturated rings. The number of hydrogen-bond donors (Lipinski definition) is 2. The molecule has 0 spiro atoms. The molecule has 0 bridgehead atoms. The van der Waals surface area contributed by atoms with E-state index in [0.717, 1.165) is 17.7 Å². The van der Waals surface area contributed by atoms with E-state index >= 15 is 0 Å². The van der Waals surface area contributed by atoms with E-state index in [1.165, 1.54) is 6.07 Å². The van der Waals surface area contributed by atoms with Gasteiger partial charge < -0.3 is 15.1 Å². The van der Waals surface area contributed by atoms with Gasteiger partial charge in [-0.15, -0.1) is 0 Å². The molecule has 1 aromatic carbocycles. The highest BCUT2D eigenvalue weighted by atomic mass is 19.1. The van der Waals surface area contributed by atoms with Crippen molar-refractivity contribution in [2.45, 2.75) is 39.3 Å². The molecule has 2 N–H and O–H groups in total. The zero-order valence-electron chi connectivity index (χ0n) is 14.5. The van der Waals surface area contributed by atoms with E-state index in [9.17, 15) is 14.0 Å². The van der Waals surface area contributed by atoms with Crippen molar-refractivity contribution in [3.05, 3.63) is 35.6 Å². The van der Waals surface area contributed by atoms with Gasteiger partial charge in [-0.05, 0) is 32.8 Å². The first-order valence-corrected chi connectivity index (χ1v) is 8.68. The fourth-order valence-corrected chi connectivity index (χ4v) is 2.73. The third kappa shape index (κ3) is 5.30. The molecule has 0 heterocycles. The minimum atomic E-state index is -0.280. The van der Waals surface area contributed by atoms with Crippen molar-refractivity contribution in [1.82, 2.24) is 10.2 Å². The summed E-state index contributed by atoms with van der Waals surface area (Å²) in [4.78, 5) is 27.1. The summed E-state index contributed by atoms with van der Waals surface area (Å²) in [6.07, 6.45) is 1.94. The molecule has 2 amide bonds. The second-order valence-electron chi connectivity index (χ2n) is 6.25. The number of nitrogens with one attached hydrogen (secondary N) is 2. The first-order chi connectivity index (χ1) is 11.5. The van der Waals surface area contributed by atoms with E-state index in [4.69, 9.17) is 0 Å². The van der Waals surface area contributed by atoms with Gasteiger partial charge in [-0.1, -0.05) is 18.2 Å². The summed E-state index contributed by atoms with van der Waals surface area (Å²) < 4.78 is 13.9. The zero-order chi connectivity index (χ0) is 17.5. The normalized spacial score (nSPS) is 15.0. The summed E-state index contributed by atoms with van der Waals surface area (Å²) in [6, 6.07) is 6.78. The Bertz CT molecular complexity index is 575. The van der Waals surface area contributed by atoms with Crippen molar-refractivity contribution >= 4 is 11.8 Å². The summed E-state index contributed by atoms with van der Waals surface area (Å²) in [5.74, 6) is -0.339. The fraction of sp³-hybridized carbons (Fsp3) is 0.556. The SMILES string of the molecule is CCNC(=O)C[NH+](CC)CC(=O)N(Cc1ccccc1F)C1CC1. The number of amides is 2. The Morgan fingerprint density at radius 1 is 1.25 bits per heavy atom. The summed E-state index contributed by atoms with van der Waals surface area (Å²) in [5, 5.41) is 2.76. The number of hydrogen-bond acceptors (Lipinski definition) is 2. The van der Waals surface area contributed by atoms with Gasteiger partial charge in [0.05, 0.1) is 6.54 Å². The third-order valence-electron chi connectivity index (χ3n) is 4.29. The Kier molecular flexibility index (Phi) is 6.73. The molecule has 24 heavy (non-hydrogen) atoms. The molecule has 132 valence electrons. The van der Waals surface area contributed by atoms with Crippen LogP contribution in [0.25, 0.3) is 0 Å². The maximum absolute atomic E-state index is 13.9. The lowest BCUT2D eigenvalue weighted by Gasteiger charge is -2.25. The van der Waals surface area contributed by atoms with Crippen LogP contribution in [-0.4, -0.2) is 48.9 Å². The van der Waals surface area contributed by atoms with E-state index in [-0.39, 0.29) is 36.8 Å². The Morgan fingerprint density at radius 3 is 2.54 bits per heavy atom. The highest BCUT2D eigenvalue weighted by molar-refractivity contribution is 5.79. The second kappa shape index (κ2) is 8.78. The minimum absolute atomic E-state index is 0.0121.